The molecule has 1 aromatic carbocycles. The highest BCUT2D eigenvalue weighted by molar-refractivity contribution is 6.01. The molecule has 1 aliphatic heterocycles. The van der Waals surface area contributed by atoms with Gasteiger partial charge in [0.2, 0.25) is 0 Å². The van der Waals surface area contributed by atoms with Crippen LogP contribution in [0.2, 0.25) is 0 Å². The Morgan fingerprint density at radius 1 is 1.33 bits per heavy atom. The Morgan fingerprint density at radius 2 is 2.10 bits per heavy atom. The minimum absolute atomic E-state index is 0.00114. The SMILES string of the molecule is Nc1ccc(F)cc1C(=O)N1CC2CCCC2C1C(=O)O. The second-order valence-corrected chi connectivity index (χ2v) is 5.83. The molecule has 1 saturated carbocycles. The van der Waals surface area contributed by atoms with Crippen LogP contribution < -0.4 is 5.73 Å². The zero-order valence-electron chi connectivity index (χ0n) is 11.5. The molecule has 2 fully saturated rings. The highest BCUT2D eigenvalue weighted by Gasteiger charge is 2.49. The minimum Gasteiger partial charge on any atom is -0.480 e. The van der Waals surface area contributed by atoms with Crippen molar-refractivity contribution >= 4 is 17.6 Å². The van der Waals surface area contributed by atoms with Crippen molar-refractivity contribution in [3.8, 4) is 0 Å². The lowest BCUT2D eigenvalue weighted by atomic mass is 9.94. The first-order chi connectivity index (χ1) is 9.99. The number of amides is 1. The van der Waals surface area contributed by atoms with Gasteiger partial charge in [-0.2, -0.15) is 0 Å². The molecular weight excluding hydrogens is 275 g/mol. The van der Waals surface area contributed by atoms with Gasteiger partial charge in [-0.05, 0) is 42.9 Å². The Bertz CT molecular complexity index is 605. The van der Waals surface area contributed by atoms with Crippen molar-refractivity contribution in [2.24, 2.45) is 11.8 Å². The van der Waals surface area contributed by atoms with Gasteiger partial charge in [0.1, 0.15) is 11.9 Å². The fourth-order valence-electron chi connectivity index (χ4n) is 3.70. The summed E-state index contributed by atoms with van der Waals surface area (Å²) >= 11 is 0. The van der Waals surface area contributed by atoms with Crippen LogP contribution in [0.1, 0.15) is 29.6 Å². The predicted octanol–water partition coefficient (Wildman–Crippen LogP) is 1.73. The summed E-state index contributed by atoms with van der Waals surface area (Å²) < 4.78 is 13.3. The summed E-state index contributed by atoms with van der Waals surface area (Å²) in [5, 5.41) is 9.45. The van der Waals surface area contributed by atoms with Crippen LogP contribution in [0.5, 0.6) is 0 Å². The number of nitrogens with zero attached hydrogens (tertiary/aromatic N) is 1. The molecule has 2 aliphatic rings. The number of hydrogen-bond acceptors (Lipinski definition) is 3. The van der Waals surface area contributed by atoms with E-state index in [0.717, 1.165) is 25.3 Å². The van der Waals surface area contributed by atoms with Crippen LogP contribution in [0.25, 0.3) is 0 Å². The third-order valence-electron chi connectivity index (χ3n) is 4.65. The molecule has 1 aliphatic carbocycles. The van der Waals surface area contributed by atoms with Crippen molar-refractivity contribution in [3.05, 3.63) is 29.6 Å². The maximum Gasteiger partial charge on any atom is 0.326 e. The van der Waals surface area contributed by atoms with Crippen LogP contribution >= 0.6 is 0 Å². The molecule has 3 rings (SSSR count). The summed E-state index contributed by atoms with van der Waals surface area (Å²) in [6.07, 6.45) is 2.77. The van der Waals surface area contributed by atoms with Crippen LogP contribution in [-0.2, 0) is 4.79 Å². The van der Waals surface area contributed by atoms with Crippen LogP contribution in [0, 0.1) is 17.7 Å². The van der Waals surface area contributed by atoms with E-state index >= 15 is 0 Å². The summed E-state index contributed by atoms with van der Waals surface area (Å²) in [6, 6.07) is 2.76. The number of carbonyl (C=O) groups excluding carboxylic acids is 1. The fourth-order valence-corrected chi connectivity index (χ4v) is 3.70. The molecule has 21 heavy (non-hydrogen) atoms. The number of hydrogen-bond donors (Lipinski definition) is 2. The molecule has 112 valence electrons. The number of likely N-dealkylation sites (tertiary alicyclic amines) is 1. The molecule has 3 N–H and O–H groups in total. The molecule has 0 radical (unpaired) electrons. The van der Waals surface area contributed by atoms with Crippen LogP contribution in [-0.4, -0.2) is 34.5 Å². The molecule has 0 bridgehead atoms. The number of anilines is 1. The Labute approximate surface area is 121 Å². The van der Waals surface area contributed by atoms with E-state index in [0.29, 0.717) is 6.54 Å². The van der Waals surface area contributed by atoms with Crippen molar-refractivity contribution in [3.63, 3.8) is 0 Å². The number of carbonyl (C=O) groups is 2. The molecule has 5 nitrogen and oxygen atoms in total. The van der Waals surface area contributed by atoms with Crippen molar-refractivity contribution in [2.45, 2.75) is 25.3 Å². The van der Waals surface area contributed by atoms with E-state index in [4.69, 9.17) is 5.73 Å². The maximum absolute atomic E-state index is 13.3. The average molecular weight is 292 g/mol. The number of nitrogens with two attached hydrogens (primary N) is 1. The number of benzene rings is 1. The van der Waals surface area contributed by atoms with Gasteiger partial charge in [-0.3, -0.25) is 4.79 Å². The van der Waals surface area contributed by atoms with Gasteiger partial charge in [0.25, 0.3) is 5.91 Å². The highest BCUT2D eigenvalue weighted by Crippen LogP contribution is 2.43. The largest absolute Gasteiger partial charge is 0.480 e. The molecule has 6 heteroatoms. The molecule has 3 unspecified atom stereocenters. The molecule has 1 aromatic rings. The van der Waals surface area contributed by atoms with E-state index in [-0.39, 0.29) is 23.1 Å². The van der Waals surface area contributed by atoms with Crippen molar-refractivity contribution in [1.82, 2.24) is 4.90 Å². The standard InChI is InChI=1S/C15H17FN2O3/c16-9-4-5-12(17)11(6-9)14(19)18-7-8-2-1-3-10(8)13(18)15(20)21/h4-6,8,10,13H,1-3,7,17H2,(H,20,21). The third kappa shape index (κ3) is 2.24. The van der Waals surface area contributed by atoms with E-state index in [1.165, 1.54) is 17.0 Å². The number of nitrogen functional groups attached to an aromatic ring is 1. The Hall–Kier alpha value is -2.11. The number of halogens is 1. The predicted molar refractivity (Wildman–Crippen MR) is 74.1 cm³/mol. The lowest BCUT2D eigenvalue weighted by Gasteiger charge is -2.25. The Balaban J connectivity index is 1.93. The first-order valence-electron chi connectivity index (χ1n) is 7.08. The molecule has 1 saturated heterocycles. The molecular formula is C15H17FN2O3. The minimum atomic E-state index is -0.993. The third-order valence-corrected chi connectivity index (χ3v) is 4.65. The topological polar surface area (TPSA) is 83.6 Å². The number of carboxylic acids is 1. The van der Waals surface area contributed by atoms with E-state index < -0.39 is 23.7 Å². The molecule has 1 amide bonds. The van der Waals surface area contributed by atoms with E-state index in [1.807, 2.05) is 0 Å². The van der Waals surface area contributed by atoms with E-state index in [9.17, 15) is 19.1 Å². The van der Waals surface area contributed by atoms with Gasteiger partial charge >= 0.3 is 5.97 Å². The van der Waals surface area contributed by atoms with Crippen LogP contribution in [0.4, 0.5) is 10.1 Å². The molecule has 1 heterocycles. The van der Waals surface area contributed by atoms with Gasteiger partial charge < -0.3 is 15.7 Å². The Kier molecular flexibility index (Phi) is 3.31. The molecule has 0 spiro atoms. The van der Waals surface area contributed by atoms with Gasteiger partial charge in [-0.25, -0.2) is 9.18 Å². The fraction of sp³-hybridized carbons (Fsp3) is 0.467. The van der Waals surface area contributed by atoms with Gasteiger partial charge in [-0.1, -0.05) is 6.42 Å². The summed E-state index contributed by atoms with van der Waals surface area (Å²) in [6.45, 7) is 0.413. The zero-order valence-corrected chi connectivity index (χ0v) is 11.5. The number of carboxylic acid groups (broad SMARTS) is 1. The number of rotatable bonds is 2. The first kappa shape index (κ1) is 13.9. The summed E-state index contributed by atoms with van der Waals surface area (Å²) in [4.78, 5) is 25.5. The molecule has 0 aromatic heterocycles. The van der Waals surface area contributed by atoms with Crippen molar-refractivity contribution < 1.29 is 19.1 Å². The Morgan fingerprint density at radius 3 is 2.81 bits per heavy atom. The zero-order chi connectivity index (χ0) is 15.1. The van der Waals surface area contributed by atoms with Crippen LogP contribution in [0.3, 0.4) is 0 Å². The summed E-state index contributed by atoms with van der Waals surface area (Å²) in [7, 11) is 0. The quantitative estimate of drug-likeness (QED) is 0.813. The van der Waals surface area contributed by atoms with Gasteiger partial charge in [0.15, 0.2) is 0 Å². The van der Waals surface area contributed by atoms with Gasteiger partial charge in [0, 0.05) is 12.2 Å². The van der Waals surface area contributed by atoms with Gasteiger partial charge in [-0.15, -0.1) is 0 Å². The van der Waals surface area contributed by atoms with Gasteiger partial charge in [0.05, 0.1) is 5.56 Å². The second kappa shape index (κ2) is 5.02. The van der Waals surface area contributed by atoms with Crippen molar-refractivity contribution in [2.75, 3.05) is 12.3 Å². The monoisotopic (exact) mass is 292 g/mol. The van der Waals surface area contributed by atoms with Crippen molar-refractivity contribution in [1.29, 1.82) is 0 Å². The summed E-state index contributed by atoms with van der Waals surface area (Å²) in [5.41, 5.74) is 5.95. The van der Waals surface area contributed by atoms with E-state index in [1.54, 1.807) is 0 Å². The number of fused-ring (bicyclic) bond motifs is 1. The number of aliphatic carboxylic acids is 1. The first-order valence-corrected chi connectivity index (χ1v) is 7.08. The lowest BCUT2D eigenvalue weighted by molar-refractivity contribution is -0.142. The maximum atomic E-state index is 13.3. The van der Waals surface area contributed by atoms with Crippen LogP contribution in [0.15, 0.2) is 18.2 Å². The second-order valence-electron chi connectivity index (χ2n) is 5.83. The smallest absolute Gasteiger partial charge is 0.326 e. The average Bonchev–Trinajstić information content (AvgIpc) is 3.00. The highest BCUT2D eigenvalue weighted by atomic mass is 19.1. The molecule has 3 atom stereocenters. The van der Waals surface area contributed by atoms with E-state index in [2.05, 4.69) is 0 Å². The summed E-state index contributed by atoms with van der Waals surface area (Å²) in [5.74, 6) is -1.81. The normalized spacial score (nSPS) is 27.7. The lowest BCUT2D eigenvalue weighted by Crippen LogP contribution is -2.43.